The first-order chi connectivity index (χ1) is 10.0. The Labute approximate surface area is 127 Å². The minimum atomic E-state index is -0.486. The van der Waals surface area contributed by atoms with Gasteiger partial charge < -0.3 is 9.26 Å². The van der Waals surface area contributed by atoms with Crippen molar-refractivity contribution in [3.8, 4) is 0 Å². The van der Waals surface area contributed by atoms with Crippen LogP contribution in [0.2, 0.25) is 5.02 Å². The molecule has 0 fully saturated rings. The zero-order chi connectivity index (χ0) is 15.4. The van der Waals surface area contributed by atoms with Crippen LogP contribution in [0.4, 0.5) is 4.39 Å². The summed E-state index contributed by atoms with van der Waals surface area (Å²) in [6.07, 6.45) is 0. The lowest BCUT2D eigenvalue weighted by Crippen LogP contribution is -2.35. The van der Waals surface area contributed by atoms with Crippen molar-refractivity contribution < 1.29 is 13.7 Å². The number of rotatable bonds is 6. The van der Waals surface area contributed by atoms with Crippen molar-refractivity contribution in [2.45, 2.75) is 25.9 Å². The van der Waals surface area contributed by atoms with Gasteiger partial charge in [0.2, 0.25) is 5.89 Å². The molecule has 0 unspecified atom stereocenters. The van der Waals surface area contributed by atoms with E-state index in [1.807, 2.05) is 6.92 Å². The normalized spacial score (nSPS) is 14.1. The average Bonchev–Trinajstić information content (AvgIpc) is 2.86. The van der Waals surface area contributed by atoms with Crippen LogP contribution in [0.15, 0.2) is 22.7 Å². The highest BCUT2D eigenvalue weighted by Gasteiger charge is 2.22. The Morgan fingerprint density at radius 2 is 2.24 bits per heavy atom. The van der Waals surface area contributed by atoms with Crippen molar-refractivity contribution in [3.05, 3.63) is 46.3 Å². The number of aromatic nitrogens is 2. The lowest BCUT2D eigenvalue weighted by atomic mass is 10.1. The summed E-state index contributed by atoms with van der Waals surface area (Å²) in [5, 5.41) is 7.28. The van der Waals surface area contributed by atoms with Crippen LogP contribution >= 0.6 is 11.6 Å². The summed E-state index contributed by atoms with van der Waals surface area (Å²) in [5.41, 5.74) is 0.667. The molecular formula is C14H17ClFN3O2. The molecule has 0 bridgehead atoms. The maximum absolute atomic E-state index is 13.7. The van der Waals surface area contributed by atoms with E-state index in [-0.39, 0.29) is 11.1 Å². The lowest BCUT2D eigenvalue weighted by Gasteiger charge is -2.21. The van der Waals surface area contributed by atoms with Crippen molar-refractivity contribution in [2.24, 2.45) is 0 Å². The van der Waals surface area contributed by atoms with Crippen molar-refractivity contribution in [1.29, 1.82) is 0 Å². The van der Waals surface area contributed by atoms with E-state index in [1.165, 1.54) is 12.1 Å². The number of benzene rings is 1. The topological polar surface area (TPSA) is 60.2 Å². The summed E-state index contributed by atoms with van der Waals surface area (Å²) in [4.78, 5) is 4.22. The highest BCUT2D eigenvalue weighted by atomic mass is 35.5. The van der Waals surface area contributed by atoms with Crippen LogP contribution < -0.4 is 5.32 Å². The molecular weight excluding hydrogens is 297 g/mol. The van der Waals surface area contributed by atoms with Gasteiger partial charge in [0, 0.05) is 20.1 Å². The molecule has 0 spiro atoms. The van der Waals surface area contributed by atoms with Gasteiger partial charge in [-0.15, -0.1) is 0 Å². The van der Waals surface area contributed by atoms with Crippen LogP contribution in [0.25, 0.3) is 0 Å². The SMILES string of the molecule is COC[C@@H](C)N[C@@H](c1ccc(Cl)c(F)c1)c1noc(C)n1. The number of methoxy groups -OCH3 is 1. The fraction of sp³-hybridized carbons (Fsp3) is 0.429. The number of halogens is 2. The molecule has 0 aliphatic heterocycles. The first kappa shape index (κ1) is 15.9. The Bertz CT molecular complexity index is 606. The summed E-state index contributed by atoms with van der Waals surface area (Å²) in [7, 11) is 1.62. The number of nitrogens with one attached hydrogen (secondary N) is 1. The zero-order valence-electron chi connectivity index (χ0n) is 12.1. The Morgan fingerprint density at radius 3 is 2.81 bits per heavy atom. The van der Waals surface area contributed by atoms with Gasteiger partial charge in [-0.1, -0.05) is 22.8 Å². The van der Waals surface area contributed by atoms with Crippen molar-refractivity contribution in [3.63, 3.8) is 0 Å². The van der Waals surface area contributed by atoms with Gasteiger partial charge in [-0.25, -0.2) is 4.39 Å². The first-order valence-corrected chi connectivity index (χ1v) is 6.89. The van der Waals surface area contributed by atoms with E-state index < -0.39 is 11.9 Å². The Kier molecular flexibility index (Phi) is 5.27. The van der Waals surface area contributed by atoms with Crippen molar-refractivity contribution >= 4 is 11.6 Å². The number of nitrogens with zero attached hydrogens (tertiary/aromatic N) is 2. The molecule has 0 radical (unpaired) electrons. The molecule has 2 rings (SSSR count). The summed E-state index contributed by atoms with van der Waals surface area (Å²) < 4.78 is 23.8. The molecule has 1 heterocycles. The smallest absolute Gasteiger partial charge is 0.223 e. The van der Waals surface area contributed by atoms with Crippen LogP contribution in [0.3, 0.4) is 0 Å². The standard InChI is InChI=1S/C14H17ClFN3O2/c1-8(7-20-3)17-13(14-18-9(2)21-19-14)10-4-5-11(15)12(16)6-10/h4-6,8,13,17H,7H2,1-3H3/t8-,13+/m1/s1. The van der Waals surface area contributed by atoms with Gasteiger partial charge in [0.1, 0.15) is 5.82 Å². The molecule has 114 valence electrons. The molecule has 0 aliphatic carbocycles. The maximum Gasteiger partial charge on any atom is 0.223 e. The third-order valence-corrected chi connectivity index (χ3v) is 3.25. The predicted molar refractivity (Wildman–Crippen MR) is 76.8 cm³/mol. The van der Waals surface area contributed by atoms with Crippen LogP contribution in [0.5, 0.6) is 0 Å². The van der Waals surface area contributed by atoms with E-state index in [0.29, 0.717) is 23.9 Å². The first-order valence-electron chi connectivity index (χ1n) is 6.51. The van der Waals surface area contributed by atoms with Crippen molar-refractivity contribution in [2.75, 3.05) is 13.7 Å². The molecule has 0 saturated carbocycles. The molecule has 2 atom stereocenters. The number of aryl methyl sites for hydroxylation is 1. The minimum Gasteiger partial charge on any atom is -0.383 e. The predicted octanol–water partition coefficient (Wildman–Crippen LogP) is 2.88. The van der Waals surface area contributed by atoms with Crippen LogP contribution in [0.1, 0.15) is 30.2 Å². The molecule has 0 saturated heterocycles. The minimum absolute atomic E-state index is 0.0255. The average molecular weight is 314 g/mol. The molecule has 0 amide bonds. The van der Waals surface area contributed by atoms with Crippen LogP contribution in [0, 0.1) is 12.7 Å². The Hall–Kier alpha value is -1.50. The molecule has 5 nitrogen and oxygen atoms in total. The fourth-order valence-corrected chi connectivity index (χ4v) is 2.14. The molecule has 1 aromatic heterocycles. The van der Waals surface area contributed by atoms with Crippen LogP contribution in [-0.2, 0) is 4.74 Å². The number of hydrogen-bond acceptors (Lipinski definition) is 5. The van der Waals surface area contributed by atoms with E-state index in [2.05, 4.69) is 15.5 Å². The maximum atomic E-state index is 13.7. The van der Waals surface area contributed by atoms with Gasteiger partial charge in [-0.3, -0.25) is 5.32 Å². The monoisotopic (exact) mass is 313 g/mol. The van der Waals surface area contributed by atoms with Crippen molar-refractivity contribution in [1.82, 2.24) is 15.5 Å². The van der Waals surface area contributed by atoms with Crippen LogP contribution in [-0.4, -0.2) is 29.9 Å². The molecule has 0 aliphatic rings. The van der Waals surface area contributed by atoms with E-state index in [9.17, 15) is 4.39 Å². The highest BCUT2D eigenvalue weighted by molar-refractivity contribution is 6.30. The van der Waals surface area contributed by atoms with Gasteiger partial charge >= 0.3 is 0 Å². The van der Waals surface area contributed by atoms with E-state index in [0.717, 1.165) is 0 Å². The second-order valence-electron chi connectivity index (χ2n) is 4.80. The fourth-order valence-electron chi connectivity index (χ4n) is 2.03. The van der Waals surface area contributed by atoms with Gasteiger partial charge in [-0.05, 0) is 24.6 Å². The Balaban J connectivity index is 2.32. The summed E-state index contributed by atoms with van der Waals surface area (Å²) in [5.74, 6) is 0.406. The third kappa shape index (κ3) is 4.00. The summed E-state index contributed by atoms with van der Waals surface area (Å²) >= 11 is 5.73. The van der Waals surface area contributed by atoms with E-state index in [4.69, 9.17) is 20.9 Å². The molecule has 2 aromatic rings. The molecule has 1 aromatic carbocycles. The number of ether oxygens (including phenoxy) is 1. The molecule has 7 heteroatoms. The van der Waals surface area contributed by atoms with Gasteiger partial charge in [-0.2, -0.15) is 4.98 Å². The second-order valence-corrected chi connectivity index (χ2v) is 5.21. The van der Waals surface area contributed by atoms with E-state index in [1.54, 1.807) is 20.1 Å². The second kappa shape index (κ2) is 6.98. The highest BCUT2D eigenvalue weighted by Crippen LogP contribution is 2.24. The Morgan fingerprint density at radius 1 is 1.48 bits per heavy atom. The lowest BCUT2D eigenvalue weighted by molar-refractivity contribution is 0.168. The zero-order valence-corrected chi connectivity index (χ0v) is 12.8. The molecule has 21 heavy (non-hydrogen) atoms. The van der Waals surface area contributed by atoms with Gasteiger partial charge in [0.15, 0.2) is 5.82 Å². The molecule has 1 N–H and O–H groups in total. The van der Waals surface area contributed by atoms with E-state index >= 15 is 0 Å². The quantitative estimate of drug-likeness (QED) is 0.888. The largest absolute Gasteiger partial charge is 0.383 e. The van der Waals surface area contributed by atoms with Gasteiger partial charge in [0.25, 0.3) is 0 Å². The third-order valence-electron chi connectivity index (χ3n) is 2.95. The summed E-state index contributed by atoms with van der Waals surface area (Å²) in [6.45, 7) is 4.16. The van der Waals surface area contributed by atoms with Gasteiger partial charge in [0.05, 0.1) is 17.7 Å². The summed E-state index contributed by atoms with van der Waals surface area (Å²) in [6, 6.07) is 4.23. The number of hydrogen-bond donors (Lipinski definition) is 1.